The summed E-state index contributed by atoms with van der Waals surface area (Å²) in [5.41, 5.74) is 2.19. The highest BCUT2D eigenvalue weighted by atomic mass is 35.5. The number of nitrogens with one attached hydrogen (secondary N) is 2. The molecule has 0 radical (unpaired) electrons. The quantitative estimate of drug-likeness (QED) is 0.376. The molecule has 0 aliphatic rings. The number of carbonyl (C=O) groups is 2. The van der Waals surface area contributed by atoms with Crippen LogP contribution >= 0.6 is 11.6 Å². The predicted molar refractivity (Wildman–Crippen MR) is 131 cm³/mol. The minimum absolute atomic E-state index is 0.0613. The maximum absolute atomic E-state index is 13.0. The second kappa shape index (κ2) is 10.3. The maximum atomic E-state index is 13.0. The third-order valence-electron chi connectivity index (χ3n) is 5.26. The van der Waals surface area contributed by atoms with Crippen LogP contribution in [0.25, 0.3) is 10.9 Å². The number of para-hydroxylation sites is 1. The standard InChI is InChI=1S/C26H22ClN3O4/c1-16-11-12-18(15-20(16)27)28-26(33)24(17-7-3-2-4-8-17)34-23(31)14-13-22-29-21-10-6-5-9-19(21)25(32)30-22/h2-12,15,24H,13-14H2,1H3,(H,28,33)(H,29,30,32)/t24-/m0/s1. The zero-order valence-electron chi connectivity index (χ0n) is 18.4. The van der Waals surface area contributed by atoms with E-state index in [1.54, 1.807) is 66.7 Å². The second-order valence-electron chi connectivity index (χ2n) is 7.76. The lowest BCUT2D eigenvalue weighted by Gasteiger charge is -2.18. The van der Waals surface area contributed by atoms with E-state index in [1.165, 1.54) is 0 Å². The molecule has 0 saturated heterocycles. The molecule has 4 aromatic rings. The fourth-order valence-electron chi connectivity index (χ4n) is 3.44. The number of amides is 1. The van der Waals surface area contributed by atoms with Crippen LogP contribution in [0.15, 0.2) is 77.6 Å². The summed E-state index contributed by atoms with van der Waals surface area (Å²) in [5, 5.41) is 3.75. The number of halogens is 1. The van der Waals surface area contributed by atoms with Crippen molar-refractivity contribution in [1.82, 2.24) is 9.97 Å². The highest BCUT2D eigenvalue weighted by molar-refractivity contribution is 6.31. The number of hydrogen-bond acceptors (Lipinski definition) is 5. The first-order valence-electron chi connectivity index (χ1n) is 10.7. The van der Waals surface area contributed by atoms with E-state index in [-0.39, 0.29) is 18.4 Å². The lowest BCUT2D eigenvalue weighted by Crippen LogP contribution is -2.26. The summed E-state index contributed by atoms with van der Waals surface area (Å²) in [4.78, 5) is 45.0. The molecule has 0 spiro atoms. The minimum Gasteiger partial charge on any atom is -0.447 e. The van der Waals surface area contributed by atoms with E-state index in [2.05, 4.69) is 15.3 Å². The summed E-state index contributed by atoms with van der Waals surface area (Å²) in [6.07, 6.45) is -1.05. The molecule has 7 nitrogen and oxygen atoms in total. The molecule has 172 valence electrons. The fraction of sp³-hybridized carbons (Fsp3) is 0.154. The SMILES string of the molecule is Cc1ccc(NC(=O)[C@@H](OC(=O)CCc2nc3ccccc3c(=O)[nH]2)c2ccccc2)cc1Cl. The van der Waals surface area contributed by atoms with E-state index in [9.17, 15) is 14.4 Å². The zero-order valence-corrected chi connectivity index (χ0v) is 19.1. The summed E-state index contributed by atoms with van der Waals surface area (Å²) in [7, 11) is 0. The van der Waals surface area contributed by atoms with E-state index < -0.39 is 18.0 Å². The molecule has 2 N–H and O–H groups in total. The Hall–Kier alpha value is -3.97. The van der Waals surface area contributed by atoms with E-state index >= 15 is 0 Å². The van der Waals surface area contributed by atoms with E-state index in [0.717, 1.165) is 5.56 Å². The summed E-state index contributed by atoms with van der Waals surface area (Å²) in [6.45, 7) is 1.86. The van der Waals surface area contributed by atoms with Gasteiger partial charge in [-0.3, -0.25) is 14.4 Å². The van der Waals surface area contributed by atoms with Crippen LogP contribution in [0.2, 0.25) is 5.02 Å². The van der Waals surface area contributed by atoms with Gasteiger partial charge in [-0.1, -0.05) is 60.1 Å². The first-order chi connectivity index (χ1) is 16.4. The summed E-state index contributed by atoms with van der Waals surface area (Å²) < 4.78 is 5.56. The van der Waals surface area contributed by atoms with Gasteiger partial charge in [-0.25, -0.2) is 4.98 Å². The molecule has 4 rings (SSSR count). The molecule has 0 unspecified atom stereocenters. The number of rotatable bonds is 7. The van der Waals surface area contributed by atoms with Crippen molar-refractivity contribution in [3.8, 4) is 0 Å². The highest BCUT2D eigenvalue weighted by Crippen LogP contribution is 2.24. The largest absolute Gasteiger partial charge is 0.447 e. The Balaban J connectivity index is 1.48. The average Bonchev–Trinajstić information content (AvgIpc) is 2.84. The molecule has 1 heterocycles. The van der Waals surface area contributed by atoms with Crippen molar-refractivity contribution in [1.29, 1.82) is 0 Å². The Morgan fingerprint density at radius 1 is 1.06 bits per heavy atom. The summed E-state index contributed by atoms with van der Waals surface area (Å²) in [6, 6.07) is 20.9. The summed E-state index contributed by atoms with van der Waals surface area (Å²) in [5.74, 6) is -0.728. The van der Waals surface area contributed by atoms with Crippen molar-refractivity contribution in [3.05, 3.63) is 105 Å². The molecule has 0 bridgehead atoms. The number of carbonyl (C=O) groups excluding carboxylic acids is 2. The van der Waals surface area contributed by atoms with Gasteiger partial charge in [-0.2, -0.15) is 0 Å². The second-order valence-corrected chi connectivity index (χ2v) is 8.17. The Labute approximate surface area is 200 Å². The number of esters is 1. The highest BCUT2D eigenvalue weighted by Gasteiger charge is 2.25. The Morgan fingerprint density at radius 2 is 1.79 bits per heavy atom. The molecule has 0 fully saturated rings. The number of benzene rings is 3. The number of nitrogens with zero attached hydrogens (tertiary/aromatic N) is 1. The van der Waals surface area contributed by atoms with Crippen molar-refractivity contribution in [2.75, 3.05) is 5.32 Å². The number of hydrogen-bond donors (Lipinski definition) is 2. The molecule has 1 aromatic heterocycles. The van der Waals surface area contributed by atoms with Gasteiger partial charge in [0.1, 0.15) is 5.82 Å². The van der Waals surface area contributed by atoms with E-state index in [4.69, 9.17) is 16.3 Å². The molecule has 1 amide bonds. The van der Waals surface area contributed by atoms with Gasteiger partial charge in [0.25, 0.3) is 11.5 Å². The number of aromatic amines is 1. The van der Waals surface area contributed by atoms with Crippen molar-refractivity contribution in [3.63, 3.8) is 0 Å². The Morgan fingerprint density at radius 3 is 2.56 bits per heavy atom. The average molecular weight is 476 g/mol. The van der Waals surface area contributed by atoms with Gasteiger partial charge in [0.05, 0.1) is 17.3 Å². The van der Waals surface area contributed by atoms with Gasteiger partial charge in [-0.15, -0.1) is 0 Å². The molecule has 0 aliphatic carbocycles. The molecular formula is C26H22ClN3O4. The lowest BCUT2D eigenvalue weighted by atomic mass is 10.1. The van der Waals surface area contributed by atoms with Gasteiger partial charge in [0, 0.05) is 22.7 Å². The third kappa shape index (κ3) is 5.50. The molecular weight excluding hydrogens is 454 g/mol. The maximum Gasteiger partial charge on any atom is 0.307 e. The van der Waals surface area contributed by atoms with Gasteiger partial charge in [0.2, 0.25) is 6.10 Å². The van der Waals surface area contributed by atoms with Crippen molar-refractivity contribution >= 4 is 40.1 Å². The molecule has 0 saturated carbocycles. The van der Waals surface area contributed by atoms with Crippen LogP contribution in [0.1, 0.15) is 29.5 Å². The van der Waals surface area contributed by atoms with Crippen molar-refractivity contribution < 1.29 is 14.3 Å². The van der Waals surface area contributed by atoms with Gasteiger partial charge in [0.15, 0.2) is 0 Å². The van der Waals surface area contributed by atoms with Gasteiger partial charge < -0.3 is 15.0 Å². The van der Waals surface area contributed by atoms with Crippen molar-refractivity contribution in [2.24, 2.45) is 0 Å². The molecule has 34 heavy (non-hydrogen) atoms. The Bertz CT molecular complexity index is 1400. The lowest BCUT2D eigenvalue weighted by molar-refractivity contribution is -0.154. The van der Waals surface area contributed by atoms with Crippen LogP contribution in [0.4, 0.5) is 5.69 Å². The molecule has 3 aromatic carbocycles. The summed E-state index contributed by atoms with van der Waals surface area (Å²) >= 11 is 6.16. The topological polar surface area (TPSA) is 101 Å². The molecule has 8 heteroatoms. The Kier molecular flexibility index (Phi) is 7.04. The first-order valence-corrected chi connectivity index (χ1v) is 11.1. The predicted octanol–water partition coefficient (Wildman–Crippen LogP) is 4.74. The van der Waals surface area contributed by atoms with E-state index in [1.807, 2.05) is 13.0 Å². The van der Waals surface area contributed by atoms with Gasteiger partial charge >= 0.3 is 5.97 Å². The van der Waals surface area contributed by atoms with Crippen LogP contribution in [0.5, 0.6) is 0 Å². The van der Waals surface area contributed by atoms with Crippen molar-refractivity contribution in [2.45, 2.75) is 25.9 Å². The number of aromatic nitrogens is 2. The van der Waals surface area contributed by atoms with Crippen LogP contribution in [-0.4, -0.2) is 21.8 Å². The van der Waals surface area contributed by atoms with Crippen LogP contribution < -0.4 is 10.9 Å². The minimum atomic E-state index is -1.16. The van der Waals surface area contributed by atoms with Crippen LogP contribution in [0, 0.1) is 6.92 Å². The number of anilines is 1. The molecule has 0 aliphatic heterocycles. The molecule has 1 atom stereocenters. The number of aryl methyl sites for hydroxylation is 2. The normalized spacial score (nSPS) is 11.7. The van der Waals surface area contributed by atoms with Gasteiger partial charge in [-0.05, 0) is 36.8 Å². The number of fused-ring (bicyclic) bond motifs is 1. The van der Waals surface area contributed by atoms with Crippen LogP contribution in [-0.2, 0) is 20.7 Å². The smallest absolute Gasteiger partial charge is 0.307 e. The number of ether oxygens (including phenoxy) is 1. The van der Waals surface area contributed by atoms with Crippen LogP contribution in [0.3, 0.4) is 0 Å². The third-order valence-corrected chi connectivity index (χ3v) is 5.66. The monoisotopic (exact) mass is 475 g/mol. The zero-order chi connectivity index (χ0) is 24.1. The van der Waals surface area contributed by atoms with E-state index in [0.29, 0.717) is 33.0 Å². The fourth-order valence-corrected chi connectivity index (χ4v) is 3.62. The first kappa shape index (κ1) is 23.2. The number of H-pyrrole nitrogens is 1.